The predicted molar refractivity (Wildman–Crippen MR) is 82.8 cm³/mol. The molecule has 0 bridgehead atoms. The molecule has 122 valence electrons. The first-order chi connectivity index (χ1) is 9.56. The molecule has 0 aromatic rings. The highest BCUT2D eigenvalue weighted by Gasteiger charge is 2.47. The van der Waals surface area contributed by atoms with Crippen LogP contribution in [0.3, 0.4) is 0 Å². The zero-order valence-electron chi connectivity index (χ0n) is 14.0. The van der Waals surface area contributed by atoms with Gasteiger partial charge >= 0.3 is 5.97 Å². The molecule has 1 aliphatic rings. The van der Waals surface area contributed by atoms with Crippen molar-refractivity contribution in [3.63, 3.8) is 0 Å². The lowest BCUT2D eigenvalue weighted by Crippen LogP contribution is -2.40. The molecule has 0 aromatic heterocycles. The number of hydrogen-bond donors (Lipinski definition) is 2. The van der Waals surface area contributed by atoms with Crippen LogP contribution in [-0.4, -0.2) is 34.0 Å². The van der Waals surface area contributed by atoms with Crippen molar-refractivity contribution in [3.8, 4) is 0 Å². The number of rotatable bonds is 6. The topological polar surface area (TPSA) is 66.8 Å². The van der Waals surface area contributed by atoms with Crippen LogP contribution in [0.25, 0.3) is 0 Å². The highest BCUT2D eigenvalue weighted by atomic mass is 16.5. The molecule has 0 aromatic carbocycles. The molecule has 0 aliphatic heterocycles. The number of esters is 1. The summed E-state index contributed by atoms with van der Waals surface area (Å²) < 4.78 is 4.93. The minimum Gasteiger partial charge on any atom is -0.461 e. The smallest absolute Gasteiger partial charge is 0.302 e. The second-order valence-electron chi connectivity index (χ2n) is 7.02. The van der Waals surface area contributed by atoms with E-state index in [0.29, 0.717) is 13.0 Å². The molecule has 1 aliphatic carbocycles. The predicted octanol–water partition coefficient (Wildman–Crippen LogP) is 2.82. The van der Waals surface area contributed by atoms with Crippen molar-refractivity contribution in [1.29, 1.82) is 0 Å². The fourth-order valence-electron chi connectivity index (χ4n) is 3.28. The Morgan fingerprint density at radius 1 is 1.48 bits per heavy atom. The van der Waals surface area contributed by atoms with E-state index in [9.17, 15) is 15.0 Å². The number of ether oxygens (including phenoxy) is 1. The molecule has 1 saturated carbocycles. The summed E-state index contributed by atoms with van der Waals surface area (Å²) >= 11 is 0. The van der Waals surface area contributed by atoms with Crippen molar-refractivity contribution in [3.05, 3.63) is 11.6 Å². The van der Waals surface area contributed by atoms with E-state index in [0.717, 1.165) is 24.8 Å². The van der Waals surface area contributed by atoms with Gasteiger partial charge in [-0.15, -0.1) is 0 Å². The van der Waals surface area contributed by atoms with Gasteiger partial charge in [0.1, 0.15) is 6.61 Å². The molecule has 1 fully saturated rings. The Hall–Kier alpha value is -0.870. The second kappa shape index (κ2) is 6.93. The molecule has 0 spiro atoms. The molecule has 4 unspecified atom stereocenters. The van der Waals surface area contributed by atoms with Gasteiger partial charge in [0, 0.05) is 6.92 Å². The minimum atomic E-state index is -0.780. The molecule has 0 radical (unpaired) electrons. The number of carbonyl (C=O) groups excluding carboxylic acids is 1. The summed E-state index contributed by atoms with van der Waals surface area (Å²) in [5, 5.41) is 21.0. The van der Waals surface area contributed by atoms with E-state index in [-0.39, 0.29) is 17.8 Å². The SMILES string of the molecule is CC(=O)OCC(C)=CCCC(C)(O)C1CCC(C)(O)C1C. The first-order valence-corrected chi connectivity index (χ1v) is 7.80. The summed E-state index contributed by atoms with van der Waals surface area (Å²) in [5.41, 5.74) is -0.458. The molecule has 4 nitrogen and oxygen atoms in total. The van der Waals surface area contributed by atoms with Gasteiger partial charge in [0.2, 0.25) is 0 Å². The van der Waals surface area contributed by atoms with Crippen LogP contribution in [0.5, 0.6) is 0 Å². The summed E-state index contributed by atoms with van der Waals surface area (Å²) in [6.07, 6.45) is 5.00. The molecule has 0 heterocycles. The number of hydrogen-bond acceptors (Lipinski definition) is 4. The summed E-state index contributed by atoms with van der Waals surface area (Å²) in [7, 11) is 0. The van der Waals surface area contributed by atoms with Gasteiger partial charge in [-0.05, 0) is 63.9 Å². The van der Waals surface area contributed by atoms with E-state index >= 15 is 0 Å². The van der Waals surface area contributed by atoms with Gasteiger partial charge < -0.3 is 14.9 Å². The summed E-state index contributed by atoms with van der Waals surface area (Å²) in [6.45, 7) is 9.37. The average Bonchev–Trinajstić information content (AvgIpc) is 2.62. The van der Waals surface area contributed by atoms with Gasteiger partial charge in [-0.2, -0.15) is 0 Å². The zero-order chi connectivity index (χ0) is 16.3. The van der Waals surface area contributed by atoms with E-state index in [2.05, 4.69) is 0 Å². The third kappa shape index (κ3) is 5.11. The molecular formula is C17H30O4. The third-order valence-electron chi connectivity index (χ3n) is 4.99. The van der Waals surface area contributed by atoms with Crippen LogP contribution in [0.1, 0.15) is 60.3 Å². The monoisotopic (exact) mass is 298 g/mol. The first-order valence-electron chi connectivity index (χ1n) is 7.80. The molecular weight excluding hydrogens is 268 g/mol. The molecule has 4 atom stereocenters. The van der Waals surface area contributed by atoms with Gasteiger partial charge in [0.15, 0.2) is 0 Å². The normalized spacial score (nSPS) is 32.8. The Morgan fingerprint density at radius 2 is 2.10 bits per heavy atom. The quantitative estimate of drug-likeness (QED) is 0.584. The van der Waals surface area contributed by atoms with Crippen molar-refractivity contribution in [2.24, 2.45) is 11.8 Å². The highest BCUT2D eigenvalue weighted by molar-refractivity contribution is 5.66. The molecule has 0 saturated heterocycles. The molecule has 1 rings (SSSR count). The van der Waals surface area contributed by atoms with E-state index in [1.807, 2.05) is 33.8 Å². The Kier molecular flexibility index (Phi) is 6.00. The van der Waals surface area contributed by atoms with Crippen molar-refractivity contribution in [1.82, 2.24) is 0 Å². The highest BCUT2D eigenvalue weighted by Crippen LogP contribution is 2.46. The van der Waals surface area contributed by atoms with Crippen molar-refractivity contribution < 1.29 is 19.7 Å². The molecule has 4 heteroatoms. The fraction of sp³-hybridized carbons (Fsp3) is 0.824. The van der Waals surface area contributed by atoms with Gasteiger partial charge in [0.25, 0.3) is 0 Å². The van der Waals surface area contributed by atoms with Crippen LogP contribution >= 0.6 is 0 Å². The minimum absolute atomic E-state index is 0.0959. The van der Waals surface area contributed by atoms with Crippen LogP contribution in [0.2, 0.25) is 0 Å². The maximum absolute atomic E-state index is 10.7. The van der Waals surface area contributed by atoms with Gasteiger partial charge in [-0.25, -0.2) is 0 Å². The van der Waals surface area contributed by atoms with Crippen LogP contribution < -0.4 is 0 Å². The lowest BCUT2D eigenvalue weighted by Gasteiger charge is -2.35. The number of aliphatic hydroxyl groups is 2. The van der Waals surface area contributed by atoms with Gasteiger partial charge in [0.05, 0.1) is 11.2 Å². The first kappa shape index (κ1) is 18.2. The third-order valence-corrected chi connectivity index (χ3v) is 4.99. The van der Waals surface area contributed by atoms with Crippen LogP contribution in [0.15, 0.2) is 11.6 Å². The van der Waals surface area contributed by atoms with Crippen molar-refractivity contribution in [2.75, 3.05) is 6.61 Å². The molecule has 2 N–H and O–H groups in total. The van der Waals surface area contributed by atoms with E-state index in [4.69, 9.17) is 4.74 Å². The Labute approximate surface area is 128 Å². The Morgan fingerprint density at radius 3 is 2.57 bits per heavy atom. The maximum Gasteiger partial charge on any atom is 0.302 e. The summed E-state index contributed by atoms with van der Waals surface area (Å²) in [6, 6.07) is 0. The largest absolute Gasteiger partial charge is 0.461 e. The second-order valence-corrected chi connectivity index (χ2v) is 7.02. The zero-order valence-corrected chi connectivity index (χ0v) is 14.0. The lowest BCUT2D eigenvalue weighted by atomic mass is 9.76. The van der Waals surface area contributed by atoms with Crippen LogP contribution in [-0.2, 0) is 9.53 Å². The van der Waals surface area contributed by atoms with Gasteiger partial charge in [-0.1, -0.05) is 13.0 Å². The Bertz CT molecular complexity index is 396. The van der Waals surface area contributed by atoms with Crippen molar-refractivity contribution in [2.45, 2.75) is 71.5 Å². The van der Waals surface area contributed by atoms with Gasteiger partial charge in [-0.3, -0.25) is 4.79 Å². The number of carbonyl (C=O) groups is 1. The summed E-state index contributed by atoms with van der Waals surface area (Å²) in [4.78, 5) is 10.7. The van der Waals surface area contributed by atoms with Crippen molar-refractivity contribution >= 4 is 5.97 Å². The lowest BCUT2D eigenvalue weighted by molar-refractivity contribution is -0.139. The van der Waals surface area contributed by atoms with E-state index < -0.39 is 11.2 Å². The van der Waals surface area contributed by atoms with E-state index in [1.165, 1.54) is 6.92 Å². The van der Waals surface area contributed by atoms with Crippen LogP contribution in [0.4, 0.5) is 0 Å². The fourth-order valence-corrected chi connectivity index (χ4v) is 3.28. The summed E-state index contributed by atoms with van der Waals surface area (Å²) in [5.74, 6) is -0.0648. The Balaban J connectivity index is 2.50. The average molecular weight is 298 g/mol. The number of allylic oxidation sites excluding steroid dienone is 1. The maximum atomic E-state index is 10.7. The van der Waals surface area contributed by atoms with E-state index in [1.54, 1.807) is 0 Å². The molecule has 0 amide bonds. The molecule has 21 heavy (non-hydrogen) atoms. The van der Waals surface area contributed by atoms with Crippen LogP contribution in [0, 0.1) is 11.8 Å². The standard InChI is InChI=1S/C17H30O4/c1-12(11-21-14(3)18)7-6-9-17(5,20)15-8-10-16(4,19)13(15)2/h7,13,15,19-20H,6,8-11H2,1-5H3.